The number of nitrogens with zero attached hydrogens (tertiary/aromatic N) is 2. The Bertz CT molecular complexity index is 1190. The molecule has 0 saturated carbocycles. The number of carbonyl (C=O) groups is 2. The number of hydrogen-bond acceptors (Lipinski definition) is 5. The van der Waals surface area contributed by atoms with E-state index in [1.165, 1.54) is 0 Å². The topological polar surface area (TPSA) is 91.1 Å². The van der Waals surface area contributed by atoms with Crippen molar-refractivity contribution in [3.05, 3.63) is 74.7 Å². The van der Waals surface area contributed by atoms with E-state index in [-0.39, 0.29) is 10.6 Å². The van der Waals surface area contributed by atoms with Crippen LogP contribution >= 0.6 is 22.9 Å². The quantitative estimate of drug-likeness (QED) is 0.708. The summed E-state index contributed by atoms with van der Waals surface area (Å²) in [6, 6.07) is 11.9. The second-order valence-corrected chi connectivity index (χ2v) is 7.10. The first-order valence-corrected chi connectivity index (χ1v) is 9.20. The minimum Gasteiger partial charge on any atom is -0.478 e. The van der Waals surface area contributed by atoms with Gasteiger partial charge < -0.3 is 10.4 Å². The Morgan fingerprint density at radius 1 is 1.07 bits per heavy atom. The van der Waals surface area contributed by atoms with Crippen molar-refractivity contribution in [3.8, 4) is 11.1 Å². The number of carbonyl (C=O) groups excluding carboxylic acids is 1. The molecule has 2 aromatic carbocycles. The number of amides is 1. The van der Waals surface area contributed by atoms with E-state index in [4.69, 9.17) is 11.6 Å². The molecule has 8 heteroatoms. The van der Waals surface area contributed by atoms with Gasteiger partial charge in [0.25, 0.3) is 5.91 Å². The van der Waals surface area contributed by atoms with Gasteiger partial charge in [-0.15, -0.1) is 11.3 Å². The predicted octanol–water partition coefficient (Wildman–Crippen LogP) is 3.23. The number of rotatable bonds is 4. The van der Waals surface area contributed by atoms with Crippen LogP contribution in [0.15, 0.2) is 57.8 Å². The van der Waals surface area contributed by atoms with Gasteiger partial charge in [0.15, 0.2) is 0 Å². The molecule has 0 spiro atoms. The second-order valence-electron chi connectivity index (χ2n) is 5.78. The van der Waals surface area contributed by atoms with Crippen LogP contribution in [0.25, 0.3) is 11.1 Å². The first-order valence-electron chi connectivity index (χ1n) is 7.94. The smallest absolute Gasteiger partial charge is 0.339 e. The fourth-order valence-electron chi connectivity index (χ4n) is 2.79. The maximum atomic E-state index is 12.6. The highest BCUT2D eigenvalue weighted by Gasteiger charge is 2.21. The lowest BCUT2D eigenvalue weighted by Gasteiger charge is -2.06. The molecule has 0 saturated heterocycles. The van der Waals surface area contributed by atoms with Crippen molar-refractivity contribution in [1.82, 2.24) is 0 Å². The molecule has 1 amide bonds. The highest BCUT2D eigenvalue weighted by Crippen LogP contribution is 2.36. The summed E-state index contributed by atoms with van der Waals surface area (Å²) >= 11 is 7.06. The molecule has 0 aliphatic carbocycles. The van der Waals surface area contributed by atoms with Crippen LogP contribution in [0.3, 0.4) is 0 Å². The Balaban J connectivity index is 1.68. The molecule has 0 unspecified atom stereocenters. The minimum atomic E-state index is -1.11. The van der Waals surface area contributed by atoms with Crippen LogP contribution in [0.4, 0.5) is 5.00 Å². The molecule has 0 fully saturated rings. The molecule has 4 rings (SSSR count). The Morgan fingerprint density at radius 3 is 2.56 bits per heavy atom. The number of benzene rings is 2. The highest BCUT2D eigenvalue weighted by molar-refractivity contribution is 7.15. The molecule has 134 valence electrons. The molecule has 2 N–H and O–H groups in total. The van der Waals surface area contributed by atoms with Gasteiger partial charge in [0.1, 0.15) is 17.2 Å². The Kier molecular flexibility index (Phi) is 4.47. The van der Waals surface area contributed by atoms with E-state index >= 15 is 0 Å². The summed E-state index contributed by atoms with van der Waals surface area (Å²) < 4.78 is 0. The summed E-state index contributed by atoms with van der Waals surface area (Å²) in [5, 5.41) is 16.3. The third kappa shape index (κ3) is 3.34. The fourth-order valence-corrected chi connectivity index (χ4v) is 3.87. The van der Waals surface area contributed by atoms with Gasteiger partial charge in [-0.3, -0.25) is 14.8 Å². The van der Waals surface area contributed by atoms with Crippen LogP contribution in [-0.2, 0) is 0 Å². The number of fused-ring (bicyclic) bond motifs is 1. The summed E-state index contributed by atoms with van der Waals surface area (Å²) in [4.78, 5) is 32.8. The maximum Gasteiger partial charge on any atom is 0.339 e. The first kappa shape index (κ1) is 17.4. The van der Waals surface area contributed by atoms with E-state index in [0.29, 0.717) is 33.7 Å². The first-order chi connectivity index (χ1) is 13.0. The normalized spacial score (nSPS) is 12.0. The summed E-state index contributed by atoms with van der Waals surface area (Å²) in [6.45, 7) is 0.360. The molecule has 1 aromatic heterocycles. The van der Waals surface area contributed by atoms with E-state index in [1.807, 2.05) is 0 Å². The molecule has 6 nitrogen and oxygen atoms in total. The van der Waals surface area contributed by atoms with Crippen molar-refractivity contribution < 1.29 is 14.7 Å². The van der Waals surface area contributed by atoms with Crippen molar-refractivity contribution in [2.24, 2.45) is 9.98 Å². The number of anilines is 1. The third-order valence-electron chi connectivity index (χ3n) is 4.11. The molecule has 1 aliphatic rings. The van der Waals surface area contributed by atoms with Gasteiger partial charge in [-0.2, -0.15) is 0 Å². The summed E-state index contributed by atoms with van der Waals surface area (Å²) in [5.41, 5.74) is 1.69. The number of halogens is 1. The molecule has 0 radical (unpaired) electrons. The molecule has 0 bridgehead atoms. The average molecular weight is 398 g/mol. The van der Waals surface area contributed by atoms with Crippen molar-refractivity contribution >= 4 is 39.8 Å². The zero-order chi connectivity index (χ0) is 19.0. The molecular formula is C19H12ClN3O3S. The lowest BCUT2D eigenvalue weighted by Crippen LogP contribution is -2.24. The van der Waals surface area contributed by atoms with Crippen LogP contribution in [0.1, 0.15) is 20.7 Å². The van der Waals surface area contributed by atoms with Crippen molar-refractivity contribution in [2.75, 3.05) is 12.0 Å². The number of hydrogen-bond donors (Lipinski definition) is 2. The van der Waals surface area contributed by atoms with E-state index < -0.39 is 11.9 Å². The maximum absolute atomic E-state index is 12.6. The molecule has 2 heterocycles. The van der Waals surface area contributed by atoms with Gasteiger partial charge in [0.2, 0.25) is 0 Å². The van der Waals surface area contributed by atoms with Gasteiger partial charge in [0.05, 0.1) is 10.7 Å². The molecule has 1 aliphatic heterocycles. The van der Waals surface area contributed by atoms with Crippen LogP contribution in [0, 0.1) is 0 Å². The lowest BCUT2D eigenvalue weighted by molar-refractivity contribution is 0.0699. The molecule has 3 aromatic rings. The van der Waals surface area contributed by atoms with E-state index in [9.17, 15) is 14.7 Å². The summed E-state index contributed by atoms with van der Waals surface area (Å²) in [5.74, 6) is -1.51. The summed E-state index contributed by atoms with van der Waals surface area (Å²) in [7, 11) is 0. The number of aromatic carboxylic acids is 1. The largest absolute Gasteiger partial charge is 0.478 e. The third-order valence-corrected chi connectivity index (χ3v) is 5.25. The number of carboxylic acid groups (broad SMARTS) is 1. The SMILES string of the molecule is O=C(Nc1scc(-c2ccc(Cl)cc2)c1C(=O)O)c1ccc2c(c1)=NCN=2. The summed E-state index contributed by atoms with van der Waals surface area (Å²) in [6.07, 6.45) is 0. The predicted molar refractivity (Wildman–Crippen MR) is 103 cm³/mol. The Labute approximate surface area is 162 Å². The van der Waals surface area contributed by atoms with Gasteiger partial charge in [0, 0.05) is 21.5 Å². The van der Waals surface area contributed by atoms with E-state index in [2.05, 4.69) is 15.3 Å². The van der Waals surface area contributed by atoms with Crippen LogP contribution in [-0.4, -0.2) is 23.7 Å². The number of nitrogens with one attached hydrogen (secondary N) is 1. The van der Waals surface area contributed by atoms with Gasteiger partial charge >= 0.3 is 5.97 Å². The van der Waals surface area contributed by atoms with Gasteiger partial charge in [-0.1, -0.05) is 23.7 Å². The van der Waals surface area contributed by atoms with Crippen LogP contribution in [0.5, 0.6) is 0 Å². The fraction of sp³-hybridized carbons (Fsp3) is 0.0526. The van der Waals surface area contributed by atoms with Crippen molar-refractivity contribution in [2.45, 2.75) is 0 Å². The molecule has 27 heavy (non-hydrogen) atoms. The Morgan fingerprint density at radius 2 is 1.81 bits per heavy atom. The second kappa shape index (κ2) is 6.94. The zero-order valence-electron chi connectivity index (χ0n) is 13.8. The Hall–Kier alpha value is -3.03. The van der Waals surface area contributed by atoms with Crippen molar-refractivity contribution in [1.29, 1.82) is 0 Å². The van der Waals surface area contributed by atoms with Gasteiger partial charge in [-0.05, 0) is 35.9 Å². The van der Waals surface area contributed by atoms with Crippen LogP contribution < -0.4 is 16.0 Å². The molecule has 0 atom stereocenters. The standard InChI is InChI=1S/C19H12ClN3O3S/c20-12-4-1-10(2-5-12)13-8-27-18(16(13)19(25)26)23-17(24)11-3-6-14-15(7-11)22-9-21-14/h1-8H,9H2,(H,23,24)(H,25,26). The number of carboxylic acids is 1. The van der Waals surface area contributed by atoms with E-state index in [0.717, 1.165) is 16.7 Å². The zero-order valence-corrected chi connectivity index (χ0v) is 15.3. The van der Waals surface area contributed by atoms with E-state index in [1.54, 1.807) is 47.8 Å². The highest BCUT2D eigenvalue weighted by atomic mass is 35.5. The van der Waals surface area contributed by atoms with Crippen LogP contribution in [0.2, 0.25) is 5.02 Å². The lowest BCUT2D eigenvalue weighted by atomic mass is 10.0. The number of thiophene rings is 1. The van der Waals surface area contributed by atoms with Gasteiger partial charge in [-0.25, -0.2) is 4.79 Å². The average Bonchev–Trinajstić information content (AvgIpc) is 3.28. The molecular weight excluding hydrogens is 386 g/mol. The van der Waals surface area contributed by atoms with Crippen molar-refractivity contribution in [3.63, 3.8) is 0 Å². The monoisotopic (exact) mass is 397 g/mol. The minimum absolute atomic E-state index is 0.0523.